The fourth-order valence-electron chi connectivity index (χ4n) is 4.62. The van der Waals surface area contributed by atoms with E-state index in [1.54, 1.807) is 16.8 Å². The molecule has 1 atom stereocenters. The number of amides is 1. The lowest BCUT2D eigenvalue weighted by atomic mass is 9.85. The number of fused-ring (bicyclic) bond motifs is 1. The van der Waals surface area contributed by atoms with E-state index in [2.05, 4.69) is 60.7 Å². The number of hydrogen-bond acceptors (Lipinski definition) is 5. The Balaban J connectivity index is 1.52. The molecule has 2 heterocycles. The van der Waals surface area contributed by atoms with Crippen LogP contribution in [0.4, 0.5) is 16.0 Å². The van der Waals surface area contributed by atoms with E-state index in [0.29, 0.717) is 33.7 Å². The third-order valence-corrected chi connectivity index (χ3v) is 7.76. The molecule has 1 aliphatic rings. The average molecular weight is 542 g/mol. The number of para-hydroxylation sites is 1. The lowest BCUT2D eigenvalue weighted by molar-refractivity contribution is -0.113. The van der Waals surface area contributed by atoms with Gasteiger partial charge in [-0.15, -0.1) is 5.10 Å². The van der Waals surface area contributed by atoms with Gasteiger partial charge in [-0.05, 0) is 53.6 Å². The van der Waals surface area contributed by atoms with Gasteiger partial charge in [-0.2, -0.15) is 4.98 Å². The molecule has 0 bridgehead atoms. The molecular formula is C31H32FN5OS. The van der Waals surface area contributed by atoms with Crippen LogP contribution in [0.1, 0.15) is 56.0 Å². The highest BCUT2D eigenvalue weighted by Crippen LogP contribution is 2.38. The van der Waals surface area contributed by atoms with Crippen LogP contribution in [0, 0.1) is 12.7 Å². The third-order valence-electron chi connectivity index (χ3n) is 6.88. The van der Waals surface area contributed by atoms with Crippen LogP contribution in [0.2, 0.25) is 0 Å². The number of rotatable bonds is 6. The number of carbonyl (C=O) groups is 1. The number of anilines is 2. The Morgan fingerprint density at radius 1 is 1.03 bits per heavy atom. The molecule has 5 rings (SSSR count). The van der Waals surface area contributed by atoms with Gasteiger partial charge in [0.2, 0.25) is 11.1 Å². The summed E-state index contributed by atoms with van der Waals surface area (Å²) in [4.78, 5) is 18.5. The maximum absolute atomic E-state index is 14.2. The van der Waals surface area contributed by atoms with E-state index in [0.717, 1.165) is 16.8 Å². The summed E-state index contributed by atoms with van der Waals surface area (Å²) in [6.07, 6.45) is 0. The summed E-state index contributed by atoms with van der Waals surface area (Å²) < 4.78 is 16.0. The molecule has 6 nitrogen and oxygen atoms in total. The predicted molar refractivity (Wildman–Crippen MR) is 155 cm³/mol. The molecule has 0 saturated carbocycles. The third kappa shape index (κ3) is 5.61. The molecule has 8 heteroatoms. The summed E-state index contributed by atoms with van der Waals surface area (Å²) in [7, 11) is 0. The topological polar surface area (TPSA) is 71.8 Å². The number of benzene rings is 3. The predicted octanol–water partition coefficient (Wildman–Crippen LogP) is 7.24. The van der Waals surface area contributed by atoms with Crippen molar-refractivity contribution in [2.24, 2.45) is 0 Å². The fourth-order valence-corrected chi connectivity index (χ4v) is 5.44. The normalized spacial score (nSPS) is 15.1. The van der Waals surface area contributed by atoms with Gasteiger partial charge in [0.1, 0.15) is 11.9 Å². The smallest absolute Gasteiger partial charge is 0.255 e. The Hall–Kier alpha value is -3.91. The number of nitrogens with one attached hydrogen (secondary N) is 2. The number of nitrogens with zero attached hydrogens (tertiary/aromatic N) is 3. The molecule has 0 saturated heterocycles. The van der Waals surface area contributed by atoms with Gasteiger partial charge >= 0.3 is 0 Å². The van der Waals surface area contributed by atoms with Gasteiger partial charge in [-0.1, -0.05) is 93.2 Å². The first-order valence-corrected chi connectivity index (χ1v) is 13.9. The molecule has 39 heavy (non-hydrogen) atoms. The summed E-state index contributed by atoms with van der Waals surface area (Å²) >= 11 is 1.36. The molecule has 0 fully saturated rings. The Bertz CT molecular complexity index is 1550. The molecule has 2 N–H and O–H groups in total. The summed E-state index contributed by atoms with van der Waals surface area (Å²) in [5, 5.41) is 11.7. The van der Waals surface area contributed by atoms with Crippen molar-refractivity contribution in [3.63, 3.8) is 0 Å². The van der Waals surface area contributed by atoms with Crippen LogP contribution in [-0.4, -0.2) is 20.7 Å². The SMILES string of the molecule is CC1=C(C(=O)Nc2ccccc2C)C(c2ccc(C(C)(C)C)cc2)n2nc(SCc3ccccc3F)nc2N1. The molecule has 4 aromatic rings. The van der Waals surface area contributed by atoms with Crippen molar-refractivity contribution in [2.75, 3.05) is 10.6 Å². The van der Waals surface area contributed by atoms with E-state index < -0.39 is 6.04 Å². The number of thioether (sulfide) groups is 1. The van der Waals surface area contributed by atoms with Crippen molar-refractivity contribution >= 4 is 29.3 Å². The highest BCUT2D eigenvalue weighted by atomic mass is 32.2. The lowest BCUT2D eigenvalue weighted by Gasteiger charge is -2.29. The first-order chi connectivity index (χ1) is 18.6. The van der Waals surface area contributed by atoms with Crippen LogP contribution in [0.5, 0.6) is 0 Å². The Morgan fingerprint density at radius 3 is 2.41 bits per heavy atom. The second kappa shape index (κ2) is 10.7. The van der Waals surface area contributed by atoms with E-state index in [1.807, 2.05) is 44.2 Å². The quantitative estimate of drug-likeness (QED) is 0.252. The van der Waals surface area contributed by atoms with Gasteiger partial charge < -0.3 is 10.6 Å². The summed E-state index contributed by atoms with van der Waals surface area (Å²) in [6.45, 7) is 10.4. The van der Waals surface area contributed by atoms with Gasteiger partial charge in [-0.25, -0.2) is 9.07 Å². The zero-order chi connectivity index (χ0) is 27.7. The molecule has 0 spiro atoms. The molecule has 1 aromatic heterocycles. The summed E-state index contributed by atoms with van der Waals surface area (Å²) in [6, 6.07) is 22.2. The van der Waals surface area contributed by atoms with E-state index in [1.165, 1.54) is 23.4 Å². The van der Waals surface area contributed by atoms with E-state index in [9.17, 15) is 9.18 Å². The van der Waals surface area contributed by atoms with Crippen LogP contribution in [-0.2, 0) is 16.0 Å². The van der Waals surface area contributed by atoms with Gasteiger partial charge in [-0.3, -0.25) is 4.79 Å². The summed E-state index contributed by atoms with van der Waals surface area (Å²) in [5.74, 6) is 0.479. The van der Waals surface area contributed by atoms with Gasteiger partial charge in [0.25, 0.3) is 5.91 Å². The zero-order valence-corrected chi connectivity index (χ0v) is 23.6. The Kier molecular flexibility index (Phi) is 7.32. The average Bonchev–Trinajstić information content (AvgIpc) is 3.30. The number of halogens is 1. The van der Waals surface area contributed by atoms with E-state index in [4.69, 9.17) is 5.10 Å². The Morgan fingerprint density at radius 2 is 1.72 bits per heavy atom. The van der Waals surface area contributed by atoms with Crippen molar-refractivity contribution in [3.05, 3.63) is 112 Å². The van der Waals surface area contributed by atoms with Crippen LogP contribution in [0.25, 0.3) is 0 Å². The van der Waals surface area contributed by atoms with Crippen molar-refractivity contribution < 1.29 is 9.18 Å². The molecular weight excluding hydrogens is 509 g/mol. The van der Waals surface area contributed by atoms with E-state index in [-0.39, 0.29) is 17.1 Å². The minimum Gasteiger partial charge on any atom is -0.328 e. The number of hydrogen-bond donors (Lipinski definition) is 2. The number of allylic oxidation sites excluding steroid dienone is 1. The molecule has 200 valence electrons. The molecule has 1 unspecified atom stereocenters. The second-order valence-electron chi connectivity index (χ2n) is 10.7. The van der Waals surface area contributed by atoms with Crippen LogP contribution < -0.4 is 10.6 Å². The molecule has 1 amide bonds. The fraction of sp³-hybridized carbons (Fsp3) is 0.258. The van der Waals surface area contributed by atoms with Crippen LogP contribution >= 0.6 is 11.8 Å². The van der Waals surface area contributed by atoms with Crippen LogP contribution in [0.3, 0.4) is 0 Å². The first kappa shape index (κ1) is 26.7. The monoisotopic (exact) mass is 541 g/mol. The maximum Gasteiger partial charge on any atom is 0.255 e. The second-order valence-corrected chi connectivity index (χ2v) is 11.7. The zero-order valence-electron chi connectivity index (χ0n) is 22.7. The highest BCUT2D eigenvalue weighted by molar-refractivity contribution is 7.98. The van der Waals surface area contributed by atoms with Crippen molar-refractivity contribution in [1.29, 1.82) is 0 Å². The van der Waals surface area contributed by atoms with Gasteiger partial charge in [0.15, 0.2) is 0 Å². The first-order valence-electron chi connectivity index (χ1n) is 12.9. The number of aryl methyl sites for hydroxylation is 1. The van der Waals surface area contributed by atoms with Gasteiger partial charge in [0.05, 0.1) is 5.57 Å². The highest BCUT2D eigenvalue weighted by Gasteiger charge is 2.34. The maximum atomic E-state index is 14.2. The minimum absolute atomic E-state index is 0.00160. The standard InChI is InChI=1S/C31H32FN5OS/c1-19-10-6-9-13-25(19)34-28(38)26-20(2)33-29-35-30(39-18-22-11-7-8-12-24(22)32)36-37(29)27(26)21-14-16-23(17-15-21)31(3,4)5/h6-17,27H,18H2,1-5H3,(H,34,38)(H,33,35,36). The molecule has 0 aliphatic carbocycles. The number of aromatic nitrogens is 3. The van der Waals surface area contributed by atoms with Crippen molar-refractivity contribution in [3.8, 4) is 0 Å². The summed E-state index contributed by atoms with van der Waals surface area (Å²) in [5.41, 5.74) is 5.72. The number of carbonyl (C=O) groups excluding carboxylic acids is 1. The minimum atomic E-state index is -0.491. The molecule has 0 radical (unpaired) electrons. The van der Waals surface area contributed by atoms with Crippen molar-refractivity contribution in [1.82, 2.24) is 14.8 Å². The van der Waals surface area contributed by atoms with E-state index >= 15 is 0 Å². The Labute approximate surface area is 232 Å². The van der Waals surface area contributed by atoms with Gasteiger partial charge in [0, 0.05) is 17.1 Å². The van der Waals surface area contributed by atoms with Crippen molar-refractivity contribution in [2.45, 2.75) is 57.0 Å². The van der Waals surface area contributed by atoms with Crippen LogP contribution in [0.15, 0.2) is 89.2 Å². The molecule has 3 aromatic carbocycles. The lowest BCUT2D eigenvalue weighted by Crippen LogP contribution is -2.31. The molecule has 1 aliphatic heterocycles. The largest absolute Gasteiger partial charge is 0.328 e.